The largest absolute Gasteiger partial charge is 0.497 e. The van der Waals surface area contributed by atoms with Gasteiger partial charge in [0, 0.05) is 18.3 Å². The van der Waals surface area contributed by atoms with Crippen LogP contribution >= 0.6 is 0 Å². The van der Waals surface area contributed by atoms with Gasteiger partial charge in [0.2, 0.25) is 0 Å². The summed E-state index contributed by atoms with van der Waals surface area (Å²) in [5.41, 5.74) is 2.32. The molecule has 3 nitrogen and oxygen atoms in total. The van der Waals surface area contributed by atoms with Crippen molar-refractivity contribution < 1.29 is 9.47 Å². The molecular formula is C18H23NO2. The molecule has 0 fully saturated rings. The third-order valence-electron chi connectivity index (χ3n) is 3.23. The first-order chi connectivity index (χ1) is 10.3. The van der Waals surface area contributed by atoms with Crippen LogP contribution in [0, 0.1) is 6.92 Å². The lowest BCUT2D eigenvalue weighted by molar-refractivity contribution is 0.308. The maximum absolute atomic E-state index is 5.73. The topological polar surface area (TPSA) is 30.5 Å². The summed E-state index contributed by atoms with van der Waals surface area (Å²) in [7, 11) is 1.68. The molecule has 0 unspecified atom stereocenters. The Morgan fingerprint density at radius 3 is 2.57 bits per heavy atom. The number of hydrogen-bond acceptors (Lipinski definition) is 3. The Morgan fingerprint density at radius 2 is 1.76 bits per heavy atom. The molecule has 3 heteroatoms. The predicted molar refractivity (Wildman–Crippen MR) is 87.4 cm³/mol. The van der Waals surface area contributed by atoms with Crippen LogP contribution in [0.2, 0.25) is 0 Å². The van der Waals surface area contributed by atoms with Gasteiger partial charge < -0.3 is 14.8 Å². The fourth-order valence-electron chi connectivity index (χ4n) is 2.09. The van der Waals surface area contributed by atoms with Gasteiger partial charge >= 0.3 is 0 Å². The van der Waals surface area contributed by atoms with E-state index >= 15 is 0 Å². The number of hydrogen-bond donors (Lipinski definition) is 1. The third-order valence-corrected chi connectivity index (χ3v) is 3.23. The first kappa shape index (κ1) is 15.2. The van der Waals surface area contributed by atoms with Crippen LogP contribution in [0.15, 0.2) is 48.5 Å². The summed E-state index contributed by atoms with van der Waals surface area (Å²) in [6.45, 7) is 3.76. The molecule has 112 valence electrons. The smallest absolute Gasteiger partial charge is 0.120 e. The lowest BCUT2D eigenvalue weighted by Gasteiger charge is -2.09. The van der Waals surface area contributed by atoms with E-state index < -0.39 is 0 Å². The summed E-state index contributed by atoms with van der Waals surface area (Å²) in [5.74, 6) is 1.83. The van der Waals surface area contributed by atoms with Crippen molar-refractivity contribution in [1.82, 2.24) is 0 Å². The Kier molecular flexibility index (Phi) is 5.95. The molecular weight excluding hydrogens is 262 g/mol. The highest BCUT2D eigenvalue weighted by molar-refractivity contribution is 5.47. The fourth-order valence-corrected chi connectivity index (χ4v) is 2.09. The van der Waals surface area contributed by atoms with E-state index in [1.165, 1.54) is 5.56 Å². The quantitative estimate of drug-likeness (QED) is 0.735. The van der Waals surface area contributed by atoms with Gasteiger partial charge in [-0.2, -0.15) is 0 Å². The van der Waals surface area contributed by atoms with E-state index in [4.69, 9.17) is 9.47 Å². The van der Waals surface area contributed by atoms with Crippen molar-refractivity contribution in [2.45, 2.75) is 19.8 Å². The number of ether oxygens (including phenoxy) is 2. The summed E-state index contributed by atoms with van der Waals surface area (Å²) >= 11 is 0. The minimum Gasteiger partial charge on any atom is -0.497 e. The van der Waals surface area contributed by atoms with Gasteiger partial charge in [0.25, 0.3) is 0 Å². The van der Waals surface area contributed by atoms with Gasteiger partial charge in [0.1, 0.15) is 11.5 Å². The average Bonchev–Trinajstić information content (AvgIpc) is 2.51. The zero-order chi connectivity index (χ0) is 14.9. The molecule has 21 heavy (non-hydrogen) atoms. The lowest BCUT2D eigenvalue weighted by atomic mass is 10.2. The average molecular weight is 285 g/mol. The van der Waals surface area contributed by atoms with Gasteiger partial charge in [0.05, 0.1) is 13.7 Å². The molecule has 0 radical (unpaired) electrons. The van der Waals surface area contributed by atoms with Crippen LogP contribution < -0.4 is 14.8 Å². The summed E-state index contributed by atoms with van der Waals surface area (Å²) in [6, 6.07) is 16.1. The van der Waals surface area contributed by atoms with Crippen molar-refractivity contribution in [2.75, 3.05) is 25.6 Å². The first-order valence-corrected chi connectivity index (χ1v) is 7.35. The van der Waals surface area contributed by atoms with Crippen LogP contribution in [-0.2, 0) is 0 Å². The van der Waals surface area contributed by atoms with Crippen LogP contribution in [0.5, 0.6) is 11.5 Å². The van der Waals surface area contributed by atoms with E-state index in [1.54, 1.807) is 7.11 Å². The molecule has 0 aliphatic rings. The minimum atomic E-state index is 0.753. The number of unbranched alkanes of at least 4 members (excludes halogenated alkanes) is 1. The van der Waals surface area contributed by atoms with Crippen LogP contribution in [-0.4, -0.2) is 20.3 Å². The van der Waals surface area contributed by atoms with E-state index in [9.17, 15) is 0 Å². The van der Waals surface area contributed by atoms with E-state index in [0.717, 1.165) is 43.2 Å². The van der Waals surface area contributed by atoms with E-state index in [1.807, 2.05) is 36.4 Å². The number of rotatable bonds is 8. The zero-order valence-corrected chi connectivity index (χ0v) is 12.8. The van der Waals surface area contributed by atoms with Gasteiger partial charge in [-0.25, -0.2) is 0 Å². The lowest BCUT2D eigenvalue weighted by Crippen LogP contribution is -2.05. The molecule has 0 spiro atoms. The molecule has 0 aromatic heterocycles. The van der Waals surface area contributed by atoms with E-state index in [0.29, 0.717) is 0 Å². The van der Waals surface area contributed by atoms with E-state index in [2.05, 4.69) is 24.4 Å². The first-order valence-electron chi connectivity index (χ1n) is 7.35. The maximum Gasteiger partial charge on any atom is 0.120 e. The Morgan fingerprint density at radius 1 is 0.952 bits per heavy atom. The molecule has 0 aliphatic carbocycles. The van der Waals surface area contributed by atoms with Crippen molar-refractivity contribution in [3.8, 4) is 11.5 Å². The standard InChI is InChI=1S/C18H23NO2/c1-15-7-5-10-18(13-15)21-12-4-3-11-19-16-8-6-9-17(14-16)20-2/h5-10,13-14,19H,3-4,11-12H2,1-2H3. The van der Waals surface area contributed by atoms with Crippen LogP contribution in [0.3, 0.4) is 0 Å². The fraction of sp³-hybridized carbons (Fsp3) is 0.333. The van der Waals surface area contributed by atoms with E-state index in [-0.39, 0.29) is 0 Å². The highest BCUT2D eigenvalue weighted by Gasteiger charge is 1.96. The second kappa shape index (κ2) is 8.20. The number of aryl methyl sites for hydroxylation is 1. The summed E-state index contributed by atoms with van der Waals surface area (Å²) in [4.78, 5) is 0. The van der Waals surface area contributed by atoms with Gasteiger partial charge in [-0.15, -0.1) is 0 Å². The van der Waals surface area contributed by atoms with Gasteiger partial charge in [0.15, 0.2) is 0 Å². The number of nitrogens with one attached hydrogen (secondary N) is 1. The van der Waals surface area contributed by atoms with Crippen molar-refractivity contribution in [2.24, 2.45) is 0 Å². The van der Waals surface area contributed by atoms with Crippen molar-refractivity contribution in [3.05, 3.63) is 54.1 Å². The summed E-state index contributed by atoms with van der Waals surface area (Å²) in [5, 5.41) is 3.39. The molecule has 0 atom stereocenters. The normalized spacial score (nSPS) is 10.2. The molecule has 0 bridgehead atoms. The van der Waals surface area contributed by atoms with Crippen LogP contribution in [0.1, 0.15) is 18.4 Å². The van der Waals surface area contributed by atoms with Gasteiger partial charge in [-0.3, -0.25) is 0 Å². The van der Waals surface area contributed by atoms with Gasteiger partial charge in [-0.05, 0) is 49.6 Å². The molecule has 0 aliphatic heterocycles. The Bertz CT molecular complexity index is 554. The molecule has 0 amide bonds. The Balaban J connectivity index is 1.61. The molecule has 0 saturated carbocycles. The van der Waals surface area contributed by atoms with Crippen molar-refractivity contribution in [3.63, 3.8) is 0 Å². The second-order valence-electron chi connectivity index (χ2n) is 5.03. The monoisotopic (exact) mass is 285 g/mol. The predicted octanol–water partition coefficient (Wildman–Crippen LogP) is 4.27. The SMILES string of the molecule is COc1cccc(NCCCCOc2cccc(C)c2)c1. The zero-order valence-electron chi connectivity index (χ0n) is 12.8. The van der Waals surface area contributed by atoms with Gasteiger partial charge in [-0.1, -0.05) is 18.2 Å². The third kappa shape index (κ3) is 5.38. The minimum absolute atomic E-state index is 0.753. The molecule has 0 heterocycles. The van der Waals surface area contributed by atoms with Crippen molar-refractivity contribution >= 4 is 5.69 Å². The summed E-state index contributed by atoms with van der Waals surface area (Å²) in [6.07, 6.45) is 2.11. The molecule has 2 aromatic carbocycles. The number of methoxy groups -OCH3 is 1. The maximum atomic E-state index is 5.73. The molecule has 2 aromatic rings. The number of anilines is 1. The summed E-state index contributed by atoms with van der Waals surface area (Å²) < 4.78 is 10.9. The van der Waals surface area contributed by atoms with Crippen LogP contribution in [0.4, 0.5) is 5.69 Å². The number of benzene rings is 2. The Hall–Kier alpha value is -2.16. The highest BCUT2D eigenvalue weighted by atomic mass is 16.5. The molecule has 2 rings (SSSR count). The molecule has 0 saturated heterocycles. The highest BCUT2D eigenvalue weighted by Crippen LogP contribution is 2.16. The Labute approximate surface area is 126 Å². The second-order valence-corrected chi connectivity index (χ2v) is 5.03. The molecule has 1 N–H and O–H groups in total. The van der Waals surface area contributed by atoms with Crippen molar-refractivity contribution in [1.29, 1.82) is 0 Å². The van der Waals surface area contributed by atoms with Crippen LogP contribution in [0.25, 0.3) is 0 Å².